The Morgan fingerprint density at radius 1 is 1.89 bits per heavy atom. The Labute approximate surface area is 53.9 Å². The van der Waals surface area contributed by atoms with Gasteiger partial charge in [-0.15, -0.1) is 0 Å². The van der Waals surface area contributed by atoms with Gasteiger partial charge in [-0.2, -0.15) is 0 Å². The molecular weight excluding hydrogens is 120 g/mol. The number of carbonyl (C=O) groups excluding carboxylic acids is 1. The Kier molecular flexibility index (Phi) is 3.71. The lowest BCUT2D eigenvalue weighted by Gasteiger charge is -2.05. The van der Waals surface area contributed by atoms with Crippen LogP contribution in [0.25, 0.3) is 0 Å². The summed E-state index contributed by atoms with van der Waals surface area (Å²) in [6.45, 7) is 4.30. The summed E-state index contributed by atoms with van der Waals surface area (Å²) in [7, 11) is 0. The molecular formula is C6H9O3. The van der Waals surface area contributed by atoms with E-state index in [1.54, 1.807) is 0 Å². The molecule has 0 N–H and O–H groups in total. The van der Waals surface area contributed by atoms with E-state index in [0.29, 0.717) is 0 Å². The van der Waals surface area contributed by atoms with Crippen molar-refractivity contribution >= 4 is 5.97 Å². The van der Waals surface area contributed by atoms with E-state index in [1.807, 2.05) is 0 Å². The van der Waals surface area contributed by atoms with Gasteiger partial charge < -0.3 is 4.74 Å². The first kappa shape index (κ1) is 8.17. The molecule has 0 aliphatic carbocycles. The van der Waals surface area contributed by atoms with Crippen LogP contribution in [0.3, 0.4) is 0 Å². The summed E-state index contributed by atoms with van der Waals surface area (Å²) in [5, 5.41) is 9.97. The van der Waals surface area contributed by atoms with E-state index in [4.69, 9.17) is 0 Å². The SMILES string of the molecule is C=CC(=O)OC(C)C[O]. The van der Waals surface area contributed by atoms with E-state index in [9.17, 15) is 9.90 Å². The molecule has 1 radical (unpaired) electrons. The van der Waals surface area contributed by atoms with Crippen LogP contribution in [-0.2, 0) is 14.6 Å². The number of esters is 1. The van der Waals surface area contributed by atoms with Gasteiger partial charge in [-0.25, -0.2) is 9.90 Å². The molecule has 0 bridgehead atoms. The molecule has 1 atom stereocenters. The lowest BCUT2D eigenvalue weighted by Crippen LogP contribution is -2.15. The molecule has 9 heavy (non-hydrogen) atoms. The molecule has 3 nitrogen and oxygen atoms in total. The molecule has 1 unspecified atom stereocenters. The van der Waals surface area contributed by atoms with Crippen molar-refractivity contribution in [2.45, 2.75) is 13.0 Å². The predicted octanol–water partition coefficient (Wildman–Crippen LogP) is 0.535. The molecule has 0 heterocycles. The maximum Gasteiger partial charge on any atom is 0.330 e. The maximum absolute atomic E-state index is 10.3. The van der Waals surface area contributed by atoms with Crippen molar-refractivity contribution in [3.8, 4) is 0 Å². The standard InChI is InChI=1S/C6H9O3/c1-3-6(8)9-5(2)4-7/h3,5H,1,4H2,2H3. The van der Waals surface area contributed by atoms with Crippen molar-refractivity contribution < 1.29 is 14.6 Å². The smallest absolute Gasteiger partial charge is 0.330 e. The highest BCUT2D eigenvalue weighted by Gasteiger charge is 2.03. The molecule has 0 amide bonds. The second-order valence-corrected chi connectivity index (χ2v) is 1.62. The number of hydrogen-bond donors (Lipinski definition) is 0. The number of rotatable bonds is 3. The number of hydrogen-bond acceptors (Lipinski definition) is 2. The molecule has 0 aromatic carbocycles. The zero-order valence-electron chi connectivity index (χ0n) is 5.29. The average molecular weight is 129 g/mol. The van der Waals surface area contributed by atoms with Crippen molar-refractivity contribution in [1.29, 1.82) is 0 Å². The van der Waals surface area contributed by atoms with Gasteiger partial charge in [-0.3, -0.25) is 0 Å². The molecule has 3 heteroatoms. The number of carbonyl (C=O) groups is 1. The van der Waals surface area contributed by atoms with Crippen LogP contribution in [-0.4, -0.2) is 18.7 Å². The minimum atomic E-state index is -0.546. The third kappa shape index (κ3) is 3.73. The van der Waals surface area contributed by atoms with Gasteiger partial charge in [0.2, 0.25) is 0 Å². The number of ether oxygens (including phenoxy) is 1. The van der Waals surface area contributed by atoms with Crippen LogP contribution in [0.2, 0.25) is 0 Å². The van der Waals surface area contributed by atoms with Gasteiger partial charge in [0.05, 0.1) is 0 Å². The summed E-state index contributed by atoms with van der Waals surface area (Å²) < 4.78 is 4.48. The quantitative estimate of drug-likeness (QED) is 0.412. The molecule has 51 valence electrons. The molecule has 0 aliphatic heterocycles. The molecule has 0 spiro atoms. The summed E-state index contributed by atoms with van der Waals surface area (Å²) in [6, 6.07) is 0. The van der Waals surface area contributed by atoms with Crippen molar-refractivity contribution in [2.75, 3.05) is 6.61 Å². The van der Waals surface area contributed by atoms with Gasteiger partial charge in [0.1, 0.15) is 12.7 Å². The molecule has 0 aromatic heterocycles. The van der Waals surface area contributed by atoms with E-state index < -0.39 is 18.7 Å². The predicted molar refractivity (Wildman–Crippen MR) is 31.3 cm³/mol. The van der Waals surface area contributed by atoms with Crippen LogP contribution < -0.4 is 0 Å². The zero-order chi connectivity index (χ0) is 7.28. The third-order valence-corrected chi connectivity index (χ3v) is 0.719. The van der Waals surface area contributed by atoms with Crippen molar-refractivity contribution in [2.24, 2.45) is 0 Å². The maximum atomic E-state index is 10.3. The van der Waals surface area contributed by atoms with Crippen molar-refractivity contribution in [3.05, 3.63) is 12.7 Å². The van der Waals surface area contributed by atoms with E-state index in [1.165, 1.54) is 6.92 Å². The summed E-state index contributed by atoms with van der Waals surface area (Å²) in [5.74, 6) is -0.543. The average Bonchev–Trinajstić information content (AvgIpc) is 1.87. The van der Waals surface area contributed by atoms with Crippen LogP contribution in [0.15, 0.2) is 12.7 Å². The van der Waals surface area contributed by atoms with Gasteiger partial charge in [-0.1, -0.05) is 6.58 Å². The largest absolute Gasteiger partial charge is 0.457 e. The molecule has 0 saturated heterocycles. The van der Waals surface area contributed by atoms with Crippen LogP contribution in [0, 0.1) is 0 Å². The fourth-order valence-electron chi connectivity index (χ4n) is 0.280. The van der Waals surface area contributed by atoms with E-state index in [2.05, 4.69) is 11.3 Å². The highest BCUT2D eigenvalue weighted by Crippen LogP contribution is 1.89. The summed E-state index contributed by atoms with van der Waals surface area (Å²) in [4.78, 5) is 10.3. The highest BCUT2D eigenvalue weighted by atomic mass is 16.5. The topological polar surface area (TPSA) is 46.2 Å². The summed E-state index contributed by atoms with van der Waals surface area (Å²) >= 11 is 0. The monoisotopic (exact) mass is 129 g/mol. The molecule has 0 aliphatic rings. The fourth-order valence-corrected chi connectivity index (χ4v) is 0.280. The fraction of sp³-hybridized carbons (Fsp3) is 0.500. The first-order valence-electron chi connectivity index (χ1n) is 2.62. The summed E-state index contributed by atoms with van der Waals surface area (Å²) in [5.41, 5.74) is 0. The Hall–Kier alpha value is -0.830. The molecule has 0 fully saturated rings. The minimum absolute atomic E-state index is 0.403. The molecule has 0 rings (SSSR count). The first-order valence-corrected chi connectivity index (χ1v) is 2.62. The second-order valence-electron chi connectivity index (χ2n) is 1.62. The zero-order valence-corrected chi connectivity index (χ0v) is 5.29. The first-order chi connectivity index (χ1) is 4.20. The third-order valence-electron chi connectivity index (χ3n) is 0.719. The second kappa shape index (κ2) is 4.09. The van der Waals surface area contributed by atoms with E-state index in [0.717, 1.165) is 6.08 Å². The van der Waals surface area contributed by atoms with Crippen LogP contribution in [0.1, 0.15) is 6.92 Å². The lowest BCUT2D eigenvalue weighted by molar-refractivity contribution is -0.144. The van der Waals surface area contributed by atoms with E-state index in [-0.39, 0.29) is 0 Å². The lowest BCUT2D eigenvalue weighted by atomic mass is 10.4. The van der Waals surface area contributed by atoms with Crippen molar-refractivity contribution in [3.63, 3.8) is 0 Å². The van der Waals surface area contributed by atoms with Crippen LogP contribution in [0.4, 0.5) is 0 Å². The highest BCUT2D eigenvalue weighted by molar-refractivity contribution is 5.81. The van der Waals surface area contributed by atoms with Crippen LogP contribution in [0.5, 0.6) is 0 Å². The summed E-state index contributed by atoms with van der Waals surface area (Å²) in [6.07, 6.45) is 0.488. The minimum Gasteiger partial charge on any atom is -0.457 e. The van der Waals surface area contributed by atoms with Gasteiger partial charge in [0.15, 0.2) is 0 Å². The Morgan fingerprint density at radius 2 is 2.44 bits per heavy atom. The van der Waals surface area contributed by atoms with Gasteiger partial charge in [0, 0.05) is 6.08 Å². The Balaban J connectivity index is 3.46. The van der Waals surface area contributed by atoms with Gasteiger partial charge >= 0.3 is 5.97 Å². The Bertz CT molecular complexity index is 109. The van der Waals surface area contributed by atoms with Crippen molar-refractivity contribution in [1.82, 2.24) is 0 Å². The normalized spacial score (nSPS) is 12.2. The van der Waals surface area contributed by atoms with Gasteiger partial charge in [0.25, 0.3) is 0 Å². The molecule has 0 saturated carbocycles. The van der Waals surface area contributed by atoms with E-state index >= 15 is 0 Å². The Morgan fingerprint density at radius 3 is 2.78 bits per heavy atom. The van der Waals surface area contributed by atoms with Crippen LogP contribution >= 0.6 is 0 Å². The molecule has 0 aromatic rings. The van der Waals surface area contributed by atoms with Gasteiger partial charge in [-0.05, 0) is 6.92 Å².